The molecule has 2 aromatic carbocycles. The summed E-state index contributed by atoms with van der Waals surface area (Å²) in [6.45, 7) is 0.706. The van der Waals surface area contributed by atoms with Crippen LogP contribution in [0.4, 0.5) is 0 Å². The van der Waals surface area contributed by atoms with Crippen LogP contribution in [0.1, 0.15) is 30.9 Å². The molecule has 2 heterocycles. The number of carbonyl (C=O) groups is 3. The van der Waals surface area contributed by atoms with E-state index in [0.717, 1.165) is 5.56 Å². The highest BCUT2D eigenvalue weighted by atomic mass is 16.5. The quantitative estimate of drug-likeness (QED) is 0.156. The van der Waals surface area contributed by atoms with Crippen LogP contribution < -0.4 is 15.6 Å². The van der Waals surface area contributed by atoms with Crippen molar-refractivity contribution in [2.45, 2.75) is 51.5 Å². The van der Waals surface area contributed by atoms with Gasteiger partial charge >= 0.3 is 5.97 Å². The van der Waals surface area contributed by atoms with Crippen LogP contribution in [0, 0.1) is 0 Å². The predicted molar refractivity (Wildman–Crippen MR) is 161 cm³/mol. The lowest BCUT2D eigenvalue weighted by atomic mass is 9.96. The van der Waals surface area contributed by atoms with Crippen LogP contribution in [0.25, 0.3) is 11.4 Å². The molecule has 0 aliphatic carbocycles. The molecule has 2 unspecified atom stereocenters. The highest BCUT2D eigenvalue weighted by Gasteiger charge is 2.28. The molecule has 1 amide bonds. The van der Waals surface area contributed by atoms with Crippen LogP contribution in [0.15, 0.2) is 96.1 Å². The van der Waals surface area contributed by atoms with E-state index in [0.29, 0.717) is 17.9 Å². The van der Waals surface area contributed by atoms with E-state index in [-0.39, 0.29) is 37.4 Å². The Balaban J connectivity index is 1.51. The van der Waals surface area contributed by atoms with Gasteiger partial charge in [-0.05, 0) is 24.5 Å². The molecule has 2 N–H and O–H groups in total. The maximum Gasteiger partial charge on any atom is 0.302 e. The Morgan fingerprint density at radius 1 is 0.955 bits per heavy atom. The molecule has 0 saturated heterocycles. The normalized spacial score (nSPS) is 12.1. The van der Waals surface area contributed by atoms with Gasteiger partial charge in [-0.1, -0.05) is 66.7 Å². The van der Waals surface area contributed by atoms with Gasteiger partial charge in [-0.15, -0.1) is 0 Å². The molecule has 4 rings (SSSR count). The van der Waals surface area contributed by atoms with Gasteiger partial charge in [0.05, 0.1) is 18.2 Å². The van der Waals surface area contributed by atoms with Crippen molar-refractivity contribution in [2.75, 3.05) is 6.61 Å². The number of aliphatic hydroxyl groups is 1. The Morgan fingerprint density at radius 2 is 1.66 bits per heavy atom. The molecule has 0 spiro atoms. The number of aromatic nitrogens is 3. The number of pyridine rings is 1. The Hall–Kier alpha value is -5.16. The smallest absolute Gasteiger partial charge is 0.302 e. The first-order chi connectivity index (χ1) is 21.3. The van der Waals surface area contributed by atoms with Crippen molar-refractivity contribution in [3.63, 3.8) is 0 Å². The van der Waals surface area contributed by atoms with Crippen molar-refractivity contribution in [1.29, 1.82) is 0 Å². The van der Waals surface area contributed by atoms with Gasteiger partial charge in [-0.2, -0.15) is 0 Å². The number of nitrogens with zero attached hydrogens (tertiary/aromatic N) is 3. The highest BCUT2D eigenvalue weighted by molar-refractivity contribution is 5.85. The summed E-state index contributed by atoms with van der Waals surface area (Å²) >= 11 is 0. The van der Waals surface area contributed by atoms with Crippen molar-refractivity contribution < 1.29 is 29.0 Å². The Labute approximate surface area is 254 Å². The van der Waals surface area contributed by atoms with Crippen LogP contribution in [-0.4, -0.2) is 56.1 Å². The SMILES string of the molecule is CC(=O)OCc1cnc(-c2ccccc2)n(CC(=O)NC(Cc2ccccc2)C(O)C(=O)CCCOc2ccccn2)c1=O. The topological polar surface area (TPSA) is 150 Å². The summed E-state index contributed by atoms with van der Waals surface area (Å²) in [5.41, 5.74) is 0.937. The maximum atomic E-state index is 13.4. The van der Waals surface area contributed by atoms with Gasteiger partial charge in [0, 0.05) is 37.4 Å². The second kappa shape index (κ2) is 15.9. The maximum absolute atomic E-state index is 13.4. The number of ketones is 1. The molecule has 0 radical (unpaired) electrons. The summed E-state index contributed by atoms with van der Waals surface area (Å²) in [6, 6.07) is 22.3. The largest absolute Gasteiger partial charge is 0.478 e. The van der Waals surface area contributed by atoms with Gasteiger partial charge in [-0.25, -0.2) is 9.97 Å². The molecule has 2 atom stereocenters. The van der Waals surface area contributed by atoms with Gasteiger partial charge in [-0.3, -0.25) is 23.7 Å². The number of esters is 1. The van der Waals surface area contributed by atoms with Crippen molar-refractivity contribution in [3.05, 3.63) is 113 Å². The summed E-state index contributed by atoms with van der Waals surface area (Å²) in [5.74, 6) is -0.954. The molecule has 0 bridgehead atoms. The average molecular weight is 599 g/mol. The Morgan fingerprint density at radius 3 is 2.34 bits per heavy atom. The number of aliphatic hydroxyl groups excluding tert-OH is 1. The third kappa shape index (κ3) is 9.17. The number of rotatable bonds is 15. The minimum Gasteiger partial charge on any atom is -0.478 e. The third-order valence-electron chi connectivity index (χ3n) is 6.69. The lowest BCUT2D eigenvalue weighted by molar-refractivity contribution is -0.142. The predicted octanol–water partition coefficient (Wildman–Crippen LogP) is 2.89. The summed E-state index contributed by atoms with van der Waals surface area (Å²) in [7, 11) is 0. The molecule has 0 saturated carbocycles. The van der Waals surface area contributed by atoms with E-state index in [1.54, 1.807) is 48.7 Å². The lowest BCUT2D eigenvalue weighted by Gasteiger charge is -2.24. The van der Waals surface area contributed by atoms with Gasteiger partial charge in [0.25, 0.3) is 5.56 Å². The van der Waals surface area contributed by atoms with E-state index >= 15 is 0 Å². The summed E-state index contributed by atoms with van der Waals surface area (Å²) in [4.78, 5) is 59.7. The van der Waals surface area contributed by atoms with Crippen LogP contribution in [0.5, 0.6) is 5.88 Å². The summed E-state index contributed by atoms with van der Waals surface area (Å²) in [6.07, 6.45) is 1.96. The van der Waals surface area contributed by atoms with E-state index in [2.05, 4.69) is 15.3 Å². The molecule has 11 heteroatoms. The van der Waals surface area contributed by atoms with E-state index in [1.807, 2.05) is 36.4 Å². The van der Waals surface area contributed by atoms with E-state index in [1.165, 1.54) is 17.7 Å². The first-order valence-electron chi connectivity index (χ1n) is 14.2. The van der Waals surface area contributed by atoms with Crippen LogP contribution in [-0.2, 0) is 38.7 Å². The zero-order valence-corrected chi connectivity index (χ0v) is 24.3. The number of amides is 1. The van der Waals surface area contributed by atoms with Gasteiger partial charge in [0.2, 0.25) is 11.8 Å². The minimum absolute atomic E-state index is 0.0227. The lowest BCUT2D eigenvalue weighted by Crippen LogP contribution is -2.49. The molecule has 2 aromatic heterocycles. The fraction of sp³-hybridized carbons (Fsp3) is 0.273. The monoisotopic (exact) mass is 598 g/mol. The van der Waals surface area contributed by atoms with Crippen molar-refractivity contribution in [3.8, 4) is 17.3 Å². The van der Waals surface area contributed by atoms with Crippen molar-refractivity contribution >= 4 is 17.7 Å². The molecule has 4 aromatic rings. The molecule has 11 nitrogen and oxygen atoms in total. The Bertz CT molecular complexity index is 1600. The van der Waals surface area contributed by atoms with Crippen LogP contribution in [0.3, 0.4) is 0 Å². The number of nitrogens with one attached hydrogen (secondary N) is 1. The number of hydrogen-bond acceptors (Lipinski definition) is 9. The zero-order valence-electron chi connectivity index (χ0n) is 24.3. The van der Waals surface area contributed by atoms with E-state index in [9.17, 15) is 24.3 Å². The second-order valence-corrected chi connectivity index (χ2v) is 10.0. The van der Waals surface area contributed by atoms with Gasteiger partial charge in [0.1, 0.15) is 25.1 Å². The van der Waals surface area contributed by atoms with Gasteiger partial charge in [0.15, 0.2) is 5.78 Å². The summed E-state index contributed by atoms with van der Waals surface area (Å²) < 4.78 is 11.7. The molecular weight excluding hydrogens is 564 g/mol. The fourth-order valence-corrected chi connectivity index (χ4v) is 4.51. The average Bonchev–Trinajstić information content (AvgIpc) is 3.04. The number of ether oxygens (including phenoxy) is 2. The number of carbonyl (C=O) groups excluding carboxylic acids is 3. The molecule has 0 aliphatic rings. The number of benzene rings is 2. The van der Waals surface area contributed by atoms with Crippen molar-refractivity contribution in [1.82, 2.24) is 19.9 Å². The highest BCUT2D eigenvalue weighted by Crippen LogP contribution is 2.16. The Kier molecular flexibility index (Phi) is 11.5. The summed E-state index contributed by atoms with van der Waals surface area (Å²) in [5, 5.41) is 13.8. The van der Waals surface area contributed by atoms with Crippen molar-refractivity contribution in [2.24, 2.45) is 0 Å². The van der Waals surface area contributed by atoms with Crippen LogP contribution in [0.2, 0.25) is 0 Å². The number of hydrogen-bond donors (Lipinski definition) is 2. The van der Waals surface area contributed by atoms with E-state index in [4.69, 9.17) is 9.47 Å². The van der Waals surface area contributed by atoms with E-state index < -0.39 is 41.9 Å². The molecule has 0 aliphatic heterocycles. The molecule has 0 fully saturated rings. The van der Waals surface area contributed by atoms with Gasteiger partial charge < -0.3 is 19.9 Å². The molecular formula is C33H34N4O7. The first-order valence-corrected chi connectivity index (χ1v) is 14.2. The second-order valence-electron chi connectivity index (χ2n) is 10.0. The van der Waals surface area contributed by atoms with Crippen LogP contribution >= 0.6 is 0 Å². The first kappa shape index (κ1) is 31.8. The standard InChI is InChI=1S/C33H34N4O7/c1-23(38)44-22-26-20-35-32(25-13-6-3-7-14-25)37(33(26)42)21-29(40)36-27(19-24-11-4-2-5-12-24)31(41)28(39)15-10-18-43-30-16-8-9-17-34-30/h2-9,11-14,16-17,20,27,31,41H,10,15,18-19,21-22H2,1H3,(H,36,40). The minimum atomic E-state index is -1.51. The molecule has 44 heavy (non-hydrogen) atoms. The fourth-order valence-electron chi connectivity index (χ4n) is 4.51. The molecule has 228 valence electrons. The number of Topliss-reactive ketones (excluding diaryl/α,β-unsaturated/α-hetero) is 1. The zero-order chi connectivity index (χ0) is 31.3. The third-order valence-corrected chi connectivity index (χ3v) is 6.69.